The molecule has 1 aromatic carbocycles. The number of methoxy groups -OCH3 is 1. The predicted molar refractivity (Wildman–Crippen MR) is 55.9 cm³/mol. The Morgan fingerprint density at radius 1 is 1.50 bits per heavy atom. The lowest BCUT2D eigenvalue weighted by atomic mass is 10.1. The van der Waals surface area contributed by atoms with E-state index in [4.69, 9.17) is 4.74 Å². The molecule has 0 spiro atoms. The van der Waals surface area contributed by atoms with Gasteiger partial charge in [-0.2, -0.15) is 5.10 Å². The molecule has 4 nitrogen and oxygen atoms in total. The van der Waals surface area contributed by atoms with Crippen molar-refractivity contribution in [1.29, 1.82) is 0 Å². The fraction of sp³-hybridized carbons (Fsp3) is 0.0909. The van der Waals surface area contributed by atoms with E-state index in [0.29, 0.717) is 23.3 Å². The predicted octanol–water partition coefficient (Wildman–Crippen LogP) is 2.04. The van der Waals surface area contributed by atoms with Crippen LogP contribution < -0.4 is 4.74 Å². The zero-order valence-electron chi connectivity index (χ0n) is 8.53. The summed E-state index contributed by atoms with van der Waals surface area (Å²) in [6.07, 6.45) is 1.96. The molecule has 0 saturated carbocycles. The van der Waals surface area contributed by atoms with Crippen LogP contribution in [0.1, 0.15) is 10.4 Å². The number of carbonyl (C=O) groups excluding carboxylic acids is 1. The van der Waals surface area contributed by atoms with Crippen LogP contribution in [-0.4, -0.2) is 23.6 Å². The summed E-state index contributed by atoms with van der Waals surface area (Å²) in [6, 6.07) is 4.45. The van der Waals surface area contributed by atoms with Crippen LogP contribution in [0.3, 0.4) is 0 Å². The van der Waals surface area contributed by atoms with Gasteiger partial charge in [-0.3, -0.25) is 9.89 Å². The summed E-state index contributed by atoms with van der Waals surface area (Å²) >= 11 is 0. The lowest BCUT2D eigenvalue weighted by molar-refractivity contribution is 0.112. The van der Waals surface area contributed by atoms with Crippen molar-refractivity contribution in [2.24, 2.45) is 0 Å². The zero-order valence-corrected chi connectivity index (χ0v) is 8.53. The molecule has 0 unspecified atom stereocenters. The highest BCUT2D eigenvalue weighted by molar-refractivity contribution is 5.87. The number of rotatable bonds is 3. The average molecular weight is 220 g/mol. The number of aromatic amines is 1. The zero-order chi connectivity index (χ0) is 11.5. The second-order valence-electron chi connectivity index (χ2n) is 3.14. The fourth-order valence-corrected chi connectivity index (χ4v) is 1.50. The van der Waals surface area contributed by atoms with Crippen LogP contribution in [0.25, 0.3) is 11.3 Å². The van der Waals surface area contributed by atoms with E-state index < -0.39 is 5.82 Å². The minimum Gasteiger partial charge on any atom is -0.496 e. The second-order valence-corrected chi connectivity index (χ2v) is 3.14. The van der Waals surface area contributed by atoms with Crippen LogP contribution >= 0.6 is 0 Å². The summed E-state index contributed by atoms with van der Waals surface area (Å²) in [6.45, 7) is 0. The van der Waals surface area contributed by atoms with Gasteiger partial charge in [0.2, 0.25) is 0 Å². The summed E-state index contributed by atoms with van der Waals surface area (Å²) in [5.41, 5.74) is 0.831. The maximum absolute atomic E-state index is 13.7. The molecule has 2 aromatic rings. The van der Waals surface area contributed by atoms with Gasteiger partial charge in [0.15, 0.2) is 6.29 Å². The first-order valence-corrected chi connectivity index (χ1v) is 4.59. The van der Waals surface area contributed by atoms with E-state index in [1.165, 1.54) is 25.4 Å². The Balaban J connectivity index is 2.67. The second kappa shape index (κ2) is 4.14. The summed E-state index contributed by atoms with van der Waals surface area (Å²) in [4.78, 5) is 10.7. The third kappa shape index (κ3) is 1.56. The van der Waals surface area contributed by atoms with E-state index >= 15 is 0 Å². The van der Waals surface area contributed by atoms with E-state index in [9.17, 15) is 9.18 Å². The minimum absolute atomic E-state index is 0.213. The number of hydrogen-bond acceptors (Lipinski definition) is 3. The quantitative estimate of drug-likeness (QED) is 0.805. The molecule has 0 aliphatic carbocycles. The standard InChI is InChI=1S/C11H9FN2O2/c1-16-9-4-2-3-8(12)10(9)11-7(6-15)5-13-14-11/h2-6H,1H3,(H,13,14). The van der Waals surface area contributed by atoms with Crippen LogP contribution in [0, 0.1) is 5.82 Å². The van der Waals surface area contributed by atoms with Crippen molar-refractivity contribution in [3.63, 3.8) is 0 Å². The Bertz CT molecular complexity index is 522. The highest BCUT2D eigenvalue weighted by Crippen LogP contribution is 2.32. The number of nitrogens with one attached hydrogen (secondary N) is 1. The largest absolute Gasteiger partial charge is 0.496 e. The van der Waals surface area contributed by atoms with Crippen molar-refractivity contribution < 1.29 is 13.9 Å². The molecule has 0 fully saturated rings. The van der Waals surface area contributed by atoms with Crippen molar-refractivity contribution in [2.75, 3.05) is 7.11 Å². The van der Waals surface area contributed by atoms with E-state index in [1.54, 1.807) is 6.07 Å². The Labute approximate surface area is 91.1 Å². The SMILES string of the molecule is COc1cccc(F)c1-c1[nH]ncc1C=O. The van der Waals surface area contributed by atoms with E-state index in [2.05, 4.69) is 10.2 Å². The maximum Gasteiger partial charge on any atom is 0.153 e. The molecule has 16 heavy (non-hydrogen) atoms. The molecule has 82 valence electrons. The molecule has 0 aliphatic rings. The first kappa shape index (κ1) is 10.4. The van der Waals surface area contributed by atoms with Gasteiger partial charge in [-0.15, -0.1) is 0 Å². The first-order valence-electron chi connectivity index (χ1n) is 4.59. The van der Waals surface area contributed by atoms with Crippen LogP contribution in [0.15, 0.2) is 24.4 Å². The van der Waals surface area contributed by atoms with Gasteiger partial charge < -0.3 is 4.74 Å². The lowest BCUT2D eigenvalue weighted by Gasteiger charge is -2.07. The van der Waals surface area contributed by atoms with Gasteiger partial charge >= 0.3 is 0 Å². The third-order valence-corrected chi connectivity index (χ3v) is 2.24. The van der Waals surface area contributed by atoms with Gasteiger partial charge in [-0.05, 0) is 12.1 Å². The highest BCUT2D eigenvalue weighted by Gasteiger charge is 2.16. The van der Waals surface area contributed by atoms with Crippen molar-refractivity contribution >= 4 is 6.29 Å². The van der Waals surface area contributed by atoms with Gasteiger partial charge in [-0.25, -0.2) is 4.39 Å². The van der Waals surface area contributed by atoms with Crippen LogP contribution in [0.4, 0.5) is 4.39 Å². The molecule has 0 atom stereocenters. The van der Waals surface area contributed by atoms with Crippen LogP contribution in [-0.2, 0) is 0 Å². The molecular formula is C11H9FN2O2. The number of aromatic nitrogens is 2. The summed E-state index contributed by atoms with van der Waals surface area (Å²) < 4.78 is 18.7. The fourth-order valence-electron chi connectivity index (χ4n) is 1.50. The number of hydrogen-bond donors (Lipinski definition) is 1. The van der Waals surface area contributed by atoms with Gasteiger partial charge in [0, 0.05) is 0 Å². The molecule has 0 radical (unpaired) electrons. The molecule has 0 amide bonds. The number of aldehydes is 1. The third-order valence-electron chi connectivity index (χ3n) is 2.24. The van der Waals surface area contributed by atoms with Crippen molar-refractivity contribution in [3.8, 4) is 17.0 Å². The summed E-state index contributed by atoms with van der Waals surface area (Å²) in [5.74, 6) is -0.112. The molecule has 0 saturated heterocycles. The van der Waals surface area contributed by atoms with Gasteiger partial charge in [-0.1, -0.05) is 6.07 Å². The number of ether oxygens (including phenoxy) is 1. The van der Waals surface area contributed by atoms with E-state index in [1.807, 2.05) is 0 Å². The van der Waals surface area contributed by atoms with E-state index in [0.717, 1.165) is 0 Å². The molecule has 1 heterocycles. The summed E-state index contributed by atoms with van der Waals surface area (Å²) in [5, 5.41) is 6.29. The molecule has 2 rings (SSSR count). The normalized spacial score (nSPS) is 10.1. The van der Waals surface area contributed by atoms with Crippen LogP contribution in [0.2, 0.25) is 0 Å². The summed E-state index contributed by atoms with van der Waals surface area (Å²) in [7, 11) is 1.44. The van der Waals surface area contributed by atoms with Crippen molar-refractivity contribution in [3.05, 3.63) is 35.8 Å². The smallest absolute Gasteiger partial charge is 0.153 e. The number of halogens is 1. The van der Waals surface area contributed by atoms with Crippen LogP contribution in [0.5, 0.6) is 5.75 Å². The van der Waals surface area contributed by atoms with Gasteiger partial charge in [0.05, 0.1) is 30.1 Å². The Morgan fingerprint density at radius 3 is 3.00 bits per heavy atom. The Hall–Kier alpha value is -2.17. The molecule has 1 N–H and O–H groups in total. The van der Waals surface area contributed by atoms with Gasteiger partial charge in [0.1, 0.15) is 11.6 Å². The number of carbonyl (C=O) groups is 1. The highest BCUT2D eigenvalue weighted by atomic mass is 19.1. The average Bonchev–Trinajstić information content (AvgIpc) is 2.76. The minimum atomic E-state index is -0.466. The molecular weight excluding hydrogens is 211 g/mol. The lowest BCUT2D eigenvalue weighted by Crippen LogP contribution is -1.94. The Morgan fingerprint density at radius 2 is 2.31 bits per heavy atom. The molecule has 0 bridgehead atoms. The monoisotopic (exact) mass is 220 g/mol. The maximum atomic E-state index is 13.7. The van der Waals surface area contributed by atoms with E-state index in [-0.39, 0.29) is 5.56 Å². The van der Waals surface area contributed by atoms with Crippen molar-refractivity contribution in [1.82, 2.24) is 10.2 Å². The number of benzene rings is 1. The first-order chi connectivity index (χ1) is 7.77. The molecule has 1 aromatic heterocycles. The Kier molecular flexibility index (Phi) is 2.68. The topological polar surface area (TPSA) is 55.0 Å². The number of H-pyrrole nitrogens is 1. The number of nitrogens with zero attached hydrogens (tertiary/aromatic N) is 1. The molecule has 0 aliphatic heterocycles. The molecule has 5 heteroatoms. The van der Waals surface area contributed by atoms with Crippen molar-refractivity contribution in [2.45, 2.75) is 0 Å². The van der Waals surface area contributed by atoms with Gasteiger partial charge in [0.25, 0.3) is 0 Å².